The van der Waals surface area contributed by atoms with Gasteiger partial charge in [-0.3, -0.25) is 0 Å². The zero-order valence-electron chi connectivity index (χ0n) is 13.4. The Bertz CT molecular complexity index is 514. The summed E-state index contributed by atoms with van der Waals surface area (Å²) in [5.41, 5.74) is 1.95. The summed E-state index contributed by atoms with van der Waals surface area (Å²) in [5, 5.41) is 19.0. The molecule has 106 valence electrons. The standard InChI is InChI=1S/C18H24N2/c1-17(2,3)13-7-11(9-19)14-15(12(8-13)10-20)16(14)18(4,5)6/h7-8,13-16H,1-6H3/t13?,14-,15+,16?. The maximum atomic E-state index is 9.51. The highest BCUT2D eigenvalue weighted by atomic mass is 14.6. The fourth-order valence-electron chi connectivity index (χ4n) is 3.54. The van der Waals surface area contributed by atoms with Crippen LogP contribution in [-0.2, 0) is 0 Å². The van der Waals surface area contributed by atoms with E-state index in [1.165, 1.54) is 0 Å². The summed E-state index contributed by atoms with van der Waals surface area (Å²) < 4.78 is 0. The highest BCUT2D eigenvalue weighted by Gasteiger charge is 2.59. The minimum Gasteiger partial charge on any atom is -0.193 e. The molecule has 1 saturated carbocycles. The Morgan fingerprint density at radius 2 is 1.20 bits per heavy atom. The van der Waals surface area contributed by atoms with E-state index in [0.29, 0.717) is 5.92 Å². The van der Waals surface area contributed by atoms with E-state index in [1.54, 1.807) is 0 Å². The summed E-state index contributed by atoms with van der Waals surface area (Å²) in [6.45, 7) is 13.1. The van der Waals surface area contributed by atoms with Gasteiger partial charge in [-0.25, -0.2) is 0 Å². The molecule has 0 amide bonds. The molecule has 2 nitrogen and oxygen atoms in total. The smallest absolute Gasteiger partial charge is 0.0947 e. The van der Waals surface area contributed by atoms with Crippen molar-refractivity contribution in [3.05, 3.63) is 23.3 Å². The molecule has 0 radical (unpaired) electrons. The van der Waals surface area contributed by atoms with Crippen molar-refractivity contribution in [1.29, 1.82) is 10.5 Å². The Hall–Kier alpha value is -1.54. The van der Waals surface area contributed by atoms with Crippen LogP contribution in [0.4, 0.5) is 0 Å². The number of nitrogens with zero attached hydrogens (tertiary/aromatic N) is 2. The van der Waals surface area contributed by atoms with E-state index < -0.39 is 0 Å². The van der Waals surface area contributed by atoms with Gasteiger partial charge in [0.05, 0.1) is 12.1 Å². The monoisotopic (exact) mass is 268 g/mol. The van der Waals surface area contributed by atoms with Gasteiger partial charge in [0.2, 0.25) is 0 Å². The first-order valence-electron chi connectivity index (χ1n) is 7.35. The van der Waals surface area contributed by atoms with Gasteiger partial charge in [-0.15, -0.1) is 0 Å². The van der Waals surface area contributed by atoms with Crippen molar-refractivity contribution in [2.24, 2.45) is 34.5 Å². The molecule has 0 aromatic heterocycles. The lowest BCUT2D eigenvalue weighted by molar-refractivity contribution is 0.321. The third-order valence-corrected chi connectivity index (χ3v) is 4.71. The number of rotatable bonds is 0. The lowest BCUT2D eigenvalue weighted by Crippen LogP contribution is -2.18. The van der Waals surface area contributed by atoms with Gasteiger partial charge in [-0.05, 0) is 16.7 Å². The van der Waals surface area contributed by atoms with E-state index in [9.17, 15) is 10.5 Å². The Balaban J connectivity index is 2.47. The van der Waals surface area contributed by atoms with Gasteiger partial charge < -0.3 is 0 Å². The van der Waals surface area contributed by atoms with E-state index in [2.05, 4.69) is 65.8 Å². The van der Waals surface area contributed by atoms with Crippen LogP contribution >= 0.6 is 0 Å². The van der Waals surface area contributed by atoms with Gasteiger partial charge in [0, 0.05) is 28.9 Å². The van der Waals surface area contributed by atoms with E-state index in [1.807, 2.05) is 0 Å². The van der Waals surface area contributed by atoms with Crippen LogP contribution < -0.4 is 0 Å². The summed E-state index contributed by atoms with van der Waals surface area (Å²) in [4.78, 5) is 0. The first-order chi connectivity index (χ1) is 9.11. The number of allylic oxidation sites excluding steroid dienone is 4. The summed E-state index contributed by atoms with van der Waals surface area (Å²) in [5.74, 6) is 1.08. The maximum absolute atomic E-state index is 9.51. The van der Waals surface area contributed by atoms with Gasteiger partial charge in [-0.1, -0.05) is 53.7 Å². The van der Waals surface area contributed by atoms with Gasteiger partial charge in [0.15, 0.2) is 0 Å². The highest BCUT2D eigenvalue weighted by molar-refractivity contribution is 5.46. The third kappa shape index (κ3) is 2.40. The van der Waals surface area contributed by atoms with Crippen LogP contribution in [-0.4, -0.2) is 0 Å². The highest BCUT2D eigenvalue weighted by Crippen LogP contribution is 2.63. The van der Waals surface area contributed by atoms with Crippen LogP contribution in [0.15, 0.2) is 23.3 Å². The van der Waals surface area contributed by atoms with E-state index in [-0.39, 0.29) is 28.6 Å². The Morgan fingerprint density at radius 1 is 0.800 bits per heavy atom. The molecule has 0 heterocycles. The van der Waals surface area contributed by atoms with Crippen LogP contribution in [0, 0.1) is 57.2 Å². The lowest BCUT2D eigenvalue weighted by atomic mass is 9.77. The van der Waals surface area contributed by atoms with Crippen molar-refractivity contribution in [2.75, 3.05) is 0 Å². The summed E-state index contributed by atoms with van der Waals surface area (Å²) in [6, 6.07) is 4.81. The SMILES string of the molecule is CC(C)(C)C1C=C(C#N)[C@@H]2C(C(C)(C)C)[C@@H]2C(C#N)=C1. The predicted octanol–water partition coefficient (Wildman–Crippen LogP) is 4.47. The van der Waals surface area contributed by atoms with E-state index >= 15 is 0 Å². The zero-order valence-corrected chi connectivity index (χ0v) is 13.4. The molecule has 0 bridgehead atoms. The van der Waals surface area contributed by atoms with Crippen LogP contribution in [0.1, 0.15) is 41.5 Å². The Kier molecular flexibility index (Phi) is 3.34. The summed E-state index contributed by atoms with van der Waals surface area (Å²) in [6.07, 6.45) is 4.21. The van der Waals surface area contributed by atoms with Crippen LogP contribution in [0.3, 0.4) is 0 Å². The molecule has 0 aromatic carbocycles. The van der Waals surface area contributed by atoms with Crippen molar-refractivity contribution in [3.8, 4) is 12.1 Å². The van der Waals surface area contributed by atoms with Crippen molar-refractivity contribution >= 4 is 0 Å². The molecule has 2 heteroatoms. The molecule has 0 spiro atoms. The molecular formula is C18H24N2. The number of hydrogen-bond donors (Lipinski definition) is 0. The van der Waals surface area contributed by atoms with Gasteiger partial charge >= 0.3 is 0 Å². The second kappa shape index (κ2) is 4.49. The topological polar surface area (TPSA) is 47.6 Å². The largest absolute Gasteiger partial charge is 0.193 e. The fraction of sp³-hybridized carbons (Fsp3) is 0.667. The summed E-state index contributed by atoms with van der Waals surface area (Å²) in [7, 11) is 0. The average Bonchev–Trinajstić information content (AvgIpc) is 3.02. The second-order valence-electron chi connectivity index (χ2n) is 8.30. The molecule has 2 rings (SSSR count). The third-order valence-electron chi connectivity index (χ3n) is 4.71. The first kappa shape index (κ1) is 14.9. The fourth-order valence-corrected chi connectivity index (χ4v) is 3.54. The molecule has 1 fully saturated rings. The normalized spacial score (nSPS) is 33.0. The molecule has 0 aliphatic heterocycles. The second-order valence-corrected chi connectivity index (χ2v) is 8.30. The molecule has 0 saturated heterocycles. The number of nitriles is 2. The predicted molar refractivity (Wildman–Crippen MR) is 80.3 cm³/mol. The maximum Gasteiger partial charge on any atom is 0.0947 e. The molecule has 4 atom stereocenters. The number of fused-ring (bicyclic) bond motifs is 1. The number of hydrogen-bond acceptors (Lipinski definition) is 2. The molecule has 2 aliphatic rings. The molecule has 2 aliphatic carbocycles. The van der Waals surface area contributed by atoms with Crippen LogP contribution in [0.5, 0.6) is 0 Å². The van der Waals surface area contributed by atoms with Crippen molar-refractivity contribution in [3.63, 3.8) is 0 Å². The minimum atomic E-state index is 0.0399. The van der Waals surface area contributed by atoms with E-state index in [0.717, 1.165) is 11.1 Å². The van der Waals surface area contributed by atoms with E-state index in [4.69, 9.17) is 0 Å². The minimum absolute atomic E-state index is 0.0399. The van der Waals surface area contributed by atoms with Gasteiger partial charge in [0.25, 0.3) is 0 Å². The molecule has 0 aromatic rings. The Morgan fingerprint density at radius 3 is 1.45 bits per heavy atom. The van der Waals surface area contributed by atoms with Crippen molar-refractivity contribution in [1.82, 2.24) is 0 Å². The molecule has 20 heavy (non-hydrogen) atoms. The van der Waals surface area contributed by atoms with Crippen molar-refractivity contribution < 1.29 is 0 Å². The summed E-state index contributed by atoms with van der Waals surface area (Å²) >= 11 is 0. The molecule has 2 unspecified atom stereocenters. The first-order valence-corrected chi connectivity index (χ1v) is 7.35. The van der Waals surface area contributed by atoms with Crippen molar-refractivity contribution in [2.45, 2.75) is 41.5 Å². The molecular weight excluding hydrogens is 244 g/mol. The van der Waals surface area contributed by atoms with Gasteiger partial charge in [0.1, 0.15) is 0 Å². The quantitative estimate of drug-likeness (QED) is 0.650. The zero-order chi connectivity index (χ0) is 15.3. The molecule has 0 N–H and O–H groups in total. The Labute approximate surface area is 122 Å². The lowest BCUT2D eigenvalue weighted by Gasteiger charge is -2.26. The van der Waals surface area contributed by atoms with Crippen LogP contribution in [0.2, 0.25) is 0 Å². The van der Waals surface area contributed by atoms with Gasteiger partial charge in [-0.2, -0.15) is 10.5 Å². The average molecular weight is 268 g/mol. The van der Waals surface area contributed by atoms with Crippen LogP contribution in [0.25, 0.3) is 0 Å².